The van der Waals surface area contributed by atoms with E-state index in [0.29, 0.717) is 23.2 Å². The molecule has 1 amide bonds. The van der Waals surface area contributed by atoms with Crippen molar-refractivity contribution in [1.29, 1.82) is 0 Å². The van der Waals surface area contributed by atoms with Gasteiger partial charge in [0.2, 0.25) is 0 Å². The predicted octanol–water partition coefficient (Wildman–Crippen LogP) is 6.90. The molecule has 0 N–H and O–H groups in total. The number of carbonyl (C=O) groups excluding carboxylic acids is 1. The van der Waals surface area contributed by atoms with E-state index in [-0.39, 0.29) is 30.4 Å². The molecule has 2 aromatic carbocycles. The Morgan fingerprint density at radius 2 is 1.57 bits per heavy atom. The Labute approximate surface area is 223 Å². The maximum atomic E-state index is 13.6. The molecule has 40 heavy (non-hydrogen) atoms. The number of amides is 1. The van der Waals surface area contributed by atoms with Crippen LogP contribution >= 0.6 is 0 Å². The summed E-state index contributed by atoms with van der Waals surface area (Å²) in [7, 11) is 0. The van der Waals surface area contributed by atoms with Gasteiger partial charge in [0, 0.05) is 19.0 Å². The highest BCUT2D eigenvalue weighted by atomic mass is 19.4. The van der Waals surface area contributed by atoms with E-state index in [1.165, 1.54) is 46.8 Å². The Balaban J connectivity index is 1.47. The molecule has 0 spiro atoms. The van der Waals surface area contributed by atoms with Crippen molar-refractivity contribution in [1.82, 2.24) is 14.5 Å². The van der Waals surface area contributed by atoms with Gasteiger partial charge in [0.05, 0.1) is 35.0 Å². The van der Waals surface area contributed by atoms with Crippen molar-refractivity contribution < 1.29 is 40.3 Å². The number of aromatic nitrogens is 2. The summed E-state index contributed by atoms with van der Waals surface area (Å²) in [6.07, 6.45) is -10.5. The SMILES string of the molecule is CC(OC1CN(C(=O)c2cccc3ccnn23)CC1c1ccc(F)cc1)c1cc(C(F)(F)F)cc(C(F)(F)F)c1. The first kappa shape index (κ1) is 27.6. The average molecular weight is 565 g/mol. The third-order valence-electron chi connectivity index (χ3n) is 6.95. The summed E-state index contributed by atoms with van der Waals surface area (Å²) in [6.45, 7) is 1.47. The number of benzene rings is 2. The van der Waals surface area contributed by atoms with Gasteiger partial charge in [-0.1, -0.05) is 18.2 Å². The molecule has 4 aromatic rings. The highest BCUT2D eigenvalue weighted by molar-refractivity contribution is 5.93. The van der Waals surface area contributed by atoms with Crippen LogP contribution in [-0.4, -0.2) is 39.6 Å². The summed E-state index contributed by atoms with van der Waals surface area (Å²) in [4.78, 5) is 15.0. The monoisotopic (exact) mass is 565 g/mol. The van der Waals surface area contributed by atoms with Crippen molar-refractivity contribution in [3.8, 4) is 0 Å². The smallest absolute Gasteiger partial charge is 0.368 e. The molecular weight excluding hydrogens is 543 g/mol. The van der Waals surface area contributed by atoms with Crippen LogP contribution in [0.3, 0.4) is 0 Å². The van der Waals surface area contributed by atoms with Crippen molar-refractivity contribution >= 4 is 11.4 Å². The summed E-state index contributed by atoms with van der Waals surface area (Å²) in [5.74, 6) is -1.41. The number of carbonyl (C=O) groups is 1. The highest BCUT2D eigenvalue weighted by Crippen LogP contribution is 2.39. The molecule has 0 saturated carbocycles. The number of fused-ring (bicyclic) bond motifs is 1. The lowest BCUT2D eigenvalue weighted by atomic mass is 9.95. The van der Waals surface area contributed by atoms with E-state index in [9.17, 15) is 35.5 Å². The zero-order valence-corrected chi connectivity index (χ0v) is 20.9. The minimum atomic E-state index is -5.00. The molecule has 5 rings (SSSR count). The van der Waals surface area contributed by atoms with Crippen LogP contribution in [-0.2, 0) is 17.1 Å². The van der Waals surface area contributed by atoms with Crippen molar-refractivity contribution in [2.45, 2.75) is 37.4 Å². The first-order chi connectivity index (χ1) is 18.8. The second-order valence-electron chi connectivity index (χ2n) is 9.60. The lowest BCUT2D eigenvalue weighted by Crippen LogP contribution is -2.31. The van der Waals surface area contributed by atoms with Gasteiger partial charge >= 0.3 is 12.4 Å². The lowest BCUT2D eigenvalue weighted by Gasteiger charge is -2.25. The Kier molecular flexibility index (Phi) is 7.07. The van der Waals surface area contributed by atoms with Gasteiger partial charge < -0.3 is 9.64 Å². The molecule has 1 aliphatic heterocycles. The fraction of sp³-hybridized carbons (Fsp3) is 0.286. The number of alkyl halides is 6. The summed E-state index contributed by atoms with van der Waals surface area (Å²) < 4.78 is 102. The van der Waals surface area contributed by atoms with E-state index in [2.05, 4.69) is 5.10 Å². The van der Waals surface area contributed by atoms with Crippen LogP contribution < -0.4 is 0 Å². The average Bonchev–Trinajstić information content (AvgIpc) is 3.55. The van der Waals surface area contributed by atoms with Crippen LogP contribution in [0.25, 0.3) is 5.52 Å². The topological polar surface area (TPSA) is 46.8 Å². The van der Waals surface area contributed by atoms with Crippen LogP contribution in [0.1, 0.15) is 51.7 Å². The zero-order valence-electron chi connectivity index (χ0n) is 20.9. The normalized spacial score (nSPS) is 18.9. The Morgan fingerprint density at radius 3 is 2.20 bits per heavy atom. The summed E-state index contributed by atoms with van der Waals surface area (Å²) >= 11 is 0. The van der Waals surface area contributed by atoms with Crippen LogP contribution in [0, 0.1) is 5.82 Å². The van der Waals surface area contributed by atoms with Crippen LogP contribution in [0.4, 0.5) is 30.7 Å². The maximum absolute atomic E-state index is 13.6. The zero-order chi connectivity index (χ0) is 28.8. The number of pyridine rings is 1. The lowest BCUT2D eigenvalue weighted by molar-refractivity contribution is -0.143. The van der Waals surface area contributed by atoms with Gasteiger partial charge in [-0.05, 0) is 66.6 Å². The van der Waals surface area contributed by atoms with Gasteiger partial charge in [-0.25, -0.2) is 8.91 Å². The first-order valence-electron chi connectivity index (χ1n) is 12.2. The third kappa shape index (κ3) is 5.53. The number of likely N-dealkylation sites (tertiary alicyclic amines) is 1. The van der Waals surface area contributed by atoms with Crippen molar-refractivity contribution in [3.05, 3.63) is 107 Å². The Morgan fingerprint density at radius 1 is 0.925 bits per heavy atom. The van der Waals surface area contributed by atoms with Crippen LogP contribution in [0.15, 0.2) is 72.9 Å². The maximum Gasteiger partial charge on any atom is 0.416 e. The molecule has 5 nitrogen and oxygen atoms in total. The minimum Gasteiger partial charge on any atom is -0.368 e. The van der Waals surface area contributed by atoms with Crippen LogP contribution in [0.5, 0.6) is 0 Å². The summed E-state index contributed by atoms with van der Waals surface area (Å²) in [5, 5.41) is 4.17. The fourth-order valence-electron chi connectivity index (χ4n) is 4.94. The van der Waals surface area contributed by atoms with E-state index in [4.69, 9.17) is 4.74 Å². The molecule has 1 fully saturated rings. The van der Waals surface area contributed by atoms with Gasteiger partial charge in [0.15, 0.2) is 0 Å². The van der Waals surface area contributed by atoms with Gasteiger partial charge in [-0.3, -0.25) is 4.79 Å². The second kappa shape index (κ2) is 10.2. The molecule has 0 radical (unpaired) electrons. The van der Waals surface area contributed by atoms with Crippen LogP contribution in [0.2, 0.25) is 0 Å². The fourth-order valence-corrected chi connectivity index (χ4v) is 4.94. The number of nitrogens with zero attached hydrogens (tertiary/aromatic N) is 3. The van der Waals surface area contributed by atoms with Gasteiger partial charge in [-0.2, -0.15) is 31.4 Å². The van der Waals surface area contributed by atoms with Gasteiger partial charge in [0.25, 0.3) is 5.91 Å². The number of halogens is 7. The number of hydrogen-bond donors (Lipinski definition) is 0. The van der Waals surface area contributed by atoms with Crippen molar-refractivity contribution in [3.63, 3.8) is 0 Å². The predicted molar refractivity (Wildman–Crippen MR) is 130 cm³/mol. The quantitative estimate of drug-likeness (QED) is 0.248. The van der Waals surface area contributed by atoms with E-state index in [0.717, 1.165) is 0 Å². The van der Waals surface area contributed by atoms with E-state index >= 15 is 0 Å². The molecule has 3 heterocycles. The molecule has 1 saturated heterocycles. The Bertz CT molecular complexity index is 1500. The summed E-state index contributed by atoms with van der Waals surface area (Å²) in [6, 6.07) is 13.6. The molecule has 2 aromatic heterocycles. The first-order valence-corrected chi connectivity index (χ1v) is 12.2. The molecule has 0 bridgehead atoms. The minimum absolute atomic E-state index is 0.00599. The number of hydrogen-bond acceptors (Lipinski definition) is 3. The molecule has 3 atom stereocenters. The summed E-state index contributed by atoms with van der Waals surface area (Å²) in [5.41, 5.74) is -1.65. The molecule has 3 unspecified atom stereocenters. The molecule has 1 aliphatic rings. The van der Waals surface area contributed by atoms with Crippen molar-refractivity contribution in [2.24, 2.45) is 0 Å². The van der Waals surface area contributed by atoms with Crippen molar-refractivity contribution in [2.75, 3.05) is 13.1 Å². The standard InChI is InChI=1S/C28H22F7N3O2/c1-16(18-11-19(27(30,31)32)13-20(12-18)28(33,34)35)40-25-15-37(14-23(25)17-5-7-21(29)8-6-17)26(39)24-4-2-3-22-9-10-36-38(22)24/h2-13,16,23,25H,14-15H2,1H3. The largest absolute Gasteiger partial charge is 0.416 e. The molecule has 0 aliphatic carbocycles. The highest BCUT2D eigenvalue weighted by Gasteiger charge is 2.40. The van der Waals surface area contributed by atoms with Gasteiger partial charge in [0.1, 0.15) is 11.5 Å². The van der Waals surface area contributed by atoms with Gasteiger partial charge in [-0.15, -0.1) is 0 Å². The molecular formula is C28H22F7N3O2. The van der Waals surface area contributed by atoms with E-state index in [1.807, 2.05) is 0 Å². The molecule has 12 heteroatoms. The number of rotatable bonds is 5. The van der Waals surface area contributed by atoms with E-state index < -0.39 is 53.3 Å². The Hall–Kier alpha value is -3.93. The third-order valence-corrected chi connectivity index (χ3v) is 6.95. The second-order valence-corrected chi connectivity index (χ2v) is 9.60. The van der Waals surface area contributed by atoms with E-state index in [1.54, 1.807) is 24.3 Å². The number of ether oxygens (including phenoxy) is 1. The molecule has 210 valence electrons.